The minimum Gasteiger partial charge on any atom is -0.507 e. The van der Waals surface area contributed by atoms with Gasteiger partial charge in [0.05, 0.1) is 84.0 Å². The van der Waals surface area contributed by atoms with Crippen molar-refractivity contribution in [2.75, 3.05) is 20.3 Å². The monoisotopic (exact) mass is 1330 g/mol. The summed E-state index contributed by atoms with van der Waals surface area (Å²) in [6.45, 7) is 7.11. The number of hydrogen-bond acceptors (Lipinski definition) is 26. The lowest BCUT2D eigenvalue weighted by molar-refractivity contribution is -0.346. The van der Waals surface area contributed by atoms with Crippen LogP contribution in [0.2, 0.25) is 0 Å². The van der Waals surface area contributed by atoms with Gasteiger partial charge in [-0.15, -0.1) is 0 Å². The summed E-state index contributed by atoms with van der Waals surface area (Å²) < 4.78 is 48.2. The van der Waals surface area contributed by atoms with Gasteiger partial charge in [0.1, 0.15) is 52.9 Å². The Hall–Kier alpha value is -7.90. The van der Waals surface area contributed by atoms with Gasteiger partial charge in [-0.05, 0) is 55.7 Å². The zero-order valence-corrected chi connectivity index (χ0v) is 53.8. The smallest absolute Gasteiger partial charge is 0.338 e. The number of fused-ring (bicyclic) bond motifs is 8. The van der Waals surface area contributed by atoms with E-state index >= 15 is 4.79 Å². The van der Waals surface area contributed by atoms with Crippen LogP contribution >= 0.6 is 0 Å². The number of carbonyl (C=O) groups is 7. The number of hydrazone groups is 1. The van der Waals surface area contributed by atoms with E-state index in [0.717, 1.165) is 6.92 Å². The Bertz CT molecular complexity index is 3830. The van der Waals surface area contributed by atoms with Crippen molar-refractivity contribution in [3.8, 4) is 17.2 Å². The number of amides is 1. The Morgan fingerprint density at radius 3 is 2.17 bits per heavy atom. The first-order valence-corrected chi connectivity index (χ1v) is 31.7. The van der Waals surface area contributed by atoms with Gasteiger partial charge in [0.2, 0.25) is 11.7 Å². The Balaban J connectivity index is 0.855. The van der Waals surface area contributed by atoms with E-state index in [4.69, 9.17) is 43.6 Å². The molecular formula is C69H79N3O24. The van der Waals surface area contributed by atoms with Crippen molar-refractivity contribution in [1.82, 2.24) is 5.43 Å². The number of phenolic OH excluding ortho intramolecular Hbond substituents is 2. The van der Waals surface area contributed by atoms with Crippen LogP contribution in [0.3, 0.4) is 0 Å². The Labute approximate surface area is 550 Å². The van der Waals surface area contributed by atoms with Gasteiger partial charge in [0.15, 0.2) is 35.9 Å². The number of aliphatic hydroxyl groups is 7. The molecule has 2 bridgehead atoms. The van der Waals surface area contributed by atoms with Crippen molar-refractivity contribution in [3.05, 3.63) is 135 Å². The summed E-state index contributed by atoms with van der Waals surface area (Å²) in [5.41, 5.74) is -4.07. The maximum absolute atomic E-state index is 15.3. The second-order valence-electron chi connectivity index (χ2n) is 26.7. The van der Waals surface area contributed by atoms with Crippen LogP contribution in [0.1, 0.15) is 145 Å². The van der Waals surface area contributed by atoms with E-state index in [9.17, 15) is 74.7 Å². The highest BCUT2D eigenvalue weighted by Gasteiger charge is 2.78. The molecule has 2 saturated carbocycles. The fraction of sp³-hybridized carbons (Fsp3) is 0.507. The van der Waals surface area contributed by atoms with Gasteiger partial charge in [-0.1, -0.05) is 74.5 Å². The zero-order valence-electron chi connectivity index (χ0n) is 53.8. The summed E-state index contributed by atoms with van der Waals surface area (Å²) in [6.07, 6.45) is -20.3. The van der Waals surface area contributed by atoms with Crippen LogP contribution in [0, 0.1) is 16.7 Å². The predicted octanol–water partition coefficient (Wildman–Crippen LogP) is 2.28. The summed E-state index contributed by atoms with van der Waals surface area (Å²) in [5, 5.41) is 112. The summed E-state index contributed by atoms with van der Waals surface area (Å²) in [4.78, 5) is 100.0. The van der Waals surface area contributed by atoms with Gasteiger partial charge in [-0.3, -0.25) is 24.0 Å². The maximum Gasteiger partial charge on any atom is 0.338 e. The Kier molecular flexibility index (Phi) is 18.9. The van der Waals surface area contributed by atoms with Crippen LogP contribution in [0.25, 0.3) is 0 Å². The van der Waals surface area contributed by atoms with Gasteiger partial charge < -0.3 is 89.6 Å². The van der Waals surface area contributed by atoms with E-state index in [1.54, 1.807) is 48.5 Å². The molecule has 2 aliphatic heterocycles. The topological polar surface area (TPSA) is 426 Å². The number of methoxy groups -OCH3 is 1. The fourth-order valence-corrected chi connectivity index (χ4v) is 15.6. The van der Waals surface area contributed by atoms with E-state index in [1.807, 2.05) is 0 Å². The van der Waals surface area contributed by atoms with Crippen molar-refractivity contribution >= 4 is 46.9 Å². The summed E-state index contributed by atoms with van der Waals surface area (Å²) >= 11 is 0. The summed E-state index contributed by atoms with van der Waals surface area (Å²) in [7, 11) is 1.28. The summed E-state index contributed by atoms with van der Waals surface area (Å²) in [6, 6.07) is 19.4. The lowest BCUT2D eigenvalue weighted by Crippen LogP contribution is -2.81. The number of carbonyl (C=O) groups excluding carboxylic acids is 7. The number of aromatic hydroxyl groups is 2. The minimum atomic E-state index is -2.46. The lowest BCUT2D eigenvalue weighted by Gasteiger charge is -2.67. The number of aliphatic hydroxyl groups excluding tert-OH is 5. The maximum atomic E-state index is 15.3. The first-order valence-electron chi connectivity index (χ1n) is 31.7. The van der Waals surface area contributed by atoms with Crippen LogP contribution in [0.15, 0.2) is 95.1 Å². The Morgan fingerprint density at radius 2 is 1.53 bits per heavy atom. The van der Waals surface area contributed by atoms with Gasteiger partial charge >= 0.3 is 17.9 Å². The Morgan fingerprint density at radius 1 is 0.854 bits per heavy atom. The second kappa shape index (κ2) is 26.2. The number of ketones is 3. The molecule has 4 aromatic rings. The molecule has 4 unspecified atom stereocenters. The van der Waals surface area contributed by atoms with E-state index < -0.39 is 215 Å². The summed E-state index contributed by atoms with van der Waals surface area (Å²) in [5.74, 6) is -9.78. The van der Waals surface area contributed by atoms with Crippen molar-refractivity contribution in [1.29, 1.82) is 0 Å². The highest BCUT2D eigenvalue weighted by Crippen LogP contribution is 2.64. The average Bonchev–Trinajstić information content (AvgIpc) is 0.683. The first kappa shape index (κ1) is 69.5. The van der Waals surface area contributed by atoms with Crippen molar-refractivity contribution < 1.29 is 117 Å². The molecule has 4 aromatic carbocycles. The molecule has 2 saturated heterocycles. The highest BCUT2D eigenvalue weighted by molar-refractivity contribution is 6.31. The van der Waals surface area contributed by atoms with Crippen LogP contribution in [-0.4, -0.2) is 197 Å². The van der Waals surface area contributed by atoms with Gasteiger partial charge in [0.25, 0.3) is 0 Å². The van der Waals surface area contributed by atoms with Gasteiger partial charge in [-0.25, -0.2) is 15.0 Å². The molecule has 1 amide bonds. The number of ether oxygens (including phenoxy) is 8. The largest absolute Gasteiger partial charge is 0.507 e. The molecule has 11 rings (SSSR count). The zero-order chi connectivity index (χ0) is 69.5. The number of hydrogen-bond donors (Lipinski definition) is 11. The molecule has 27 nitrogen and oxygen atoms in total. The number of nitrogens with one attached hydrogen (secondary N) is 1. The molecule has 4 fully saturated rings. The van der Waals surface area contributed by atoms with E-state index in [-0.39, 0.29) is 70.6 Å². The third-order valence-electron chi connectivity index (χ3n) is 20.8. The number of benzene rings is 4. The molecular weight excluding hydrogens is 1250 g/mol. The molecule has 0 spiro atoms. The fourth-order valence-electron chi connectivity index (χ4n) is 15.6. The number of Topliss-reactive ketones (excluding diaryl/α,β-unsaturated/α-hetero) is 1. The van der Waals surface area contributed by atoms with E-state index in [0.29, 0.717) is 5.56 Å². The van der Waals surface area contributed by atoms with E-state index in [1.165, 1.54) is 72.1 Å². The molecule has 17 atom stereocenters. The van der Waals surface area contributed by atoms with Gasteiger partial charge in [0, 0.05) is 86.4 Å². The van der Waals surface area contributed by atoms with Crippen molar-refractivity contribution in [3.63, 3.8) is 0 Å². The molecule has 12 N–H and O–H groups in total. The average molecular weight is 1330 g/mol. The minimum absolute atomic E-state index is 0.0128. The van der Waals surface area contributed by atoms with Crippen molar-refractivity contribution in [2.45, 2.75) is 183 Å². The molecule has 2 heterocycles. The predicted molar refractivity (Wildman–Crippen MR) is 332 cm³/mol. The van der Waals surface area contributed by atoms with Crippen LogP contribution in [0.4, 0.5) is 0 Å². The number of nitrogens with two attached hydrogens (primary N) is 1. The first-order chi connectivity index (χ1) is 45.4. The van der Waals surface area contributed by atoms with E-state index in [2.05, 4.69) is 10.5 Å². The van der Waals surface area contributed by atoms with Crippen molar-refractivity contribution in [2.24, 2.45) is 27.6 Å². The molecule has 7 aliphatic rings. The number of esters is 3. The SMILES string of the molecule is COc1cccc2c1C(=O)c1c(O)c3c(c(O)c1C2=O)C[C@](O)(/C(CO)=N/NC(=O)CCC(O)OC(Cc1ccccc1)C(=O)OC1C[C@@]2(O)[C@H](OC(=O)c4ccccc4)C4[C@]5(OC(C)=O)CO[C@@H]5C[C@@H](O)[C@]4(C)C(=O)[C@H](O)C(=C1C)C2(C)C)C[C@H]3O[C@H]1C[C@H](N)[C@H](O)[C@H](C)O1. The van der Waals surface area contributed by atoms with Crippen LogP contribution in [-0.2, 0) is 65.2 Å². The number of rotatable bonds is 18. The quantitative estimate of drug-likeness (QED) is 0.0114. The third kappa shape index (κ3) is 11.7. The molecule has 5 aliphatic carbocycles. The highest BCUT2D eigenvalue weighted by atomic mass is 16.7. The van der Waals surface area contributed by atoms with Crippen LogP contribution in [0.5, 0.6) is 17.2 Å². The molecule has 27 heteroatoms. The normalized spacial score (nSPS) is 32.6. The molecule has 0 radical (unpaired) electrons. The molecule has 0 aromatic heterocycles. The standard InChI is InChI=1S/C69H79N3O24/c1-31-41(28-69(88)62(95-63(85)35-17-12-9-13-18-35)60-66(6,61(84)59(83)53(31)65(69,4)5)44(75)25-45-68(60,30-90-45)96-33(3)74)94-64(86)40(23-34-15-10-8-11-16-34)92-47(77)22-21-46(76)72-71-43(29-73)67(87)26-37-50(42(27-67)93-48-24-38(70)54(78)32(2)91-48)58(82)52-51(56(37)80)55(79)36-19-14-20-39(89-7)49(36)57(52)81/h8-20,32,38,40-42,44-45,47-48,54,59-60,62,73,75,77-78,80,82-83,87-88H,21-30,70H2,1-7H3,(H,72,76)/b71-43+/t32-,38-,40?,41?,42+,44+,45+,47?,48-,54+,59+,60?,62+,66-,67+,68-,69+/m0/s1. The van der Waals surface area contributed by atoms with Crippen LogP contribution < -0.4 is 15.9 Å². The third-order valence-corrected chi connectivity index (χ3v) is 20.8. The second-order valence-corrected chi connectivity index (χ2v) is 26.7. The lowest BCUT2D eigenvalue weighted by atomic mass is 9.44. The molecule has 96 heavy (non-hydrogen) atoms. The van der Waals surface area contributed by atoms with Gasteiger partial charge in [-0.2, -0.15) is 5.10 Å². The number of nitrogens with zero attached hydrogens (tertiary/aromatic N) is 1. The number of phenols is 2. The molecule has 514 valence electrons.